The average Bonchev–Trinajstić information content (AvgIpc) is 2.03. The number of rotatable bonds is 2. The minimum Gasteiger partial charge on any atom is -0.389 e. The first-order chi connectivity index (χ1) is 5.91. The Balaban J connectivity index is 3.16. The van der Waals surface area contributed by atoms with E-state index in [0.29, 0.717) is 5.56 Å². The van der Waals surface area contributed by atoms with Crippen molar-refractivity contribution >= 4 is 27.0 Å². The maximum Gasteiger partial charge on any atom is 0.175 e. The van der Waals surface area contributed by atoms with Crippen LogP contribution in [-0.4, -0.2) is 19.7 Å². The first kappa shape index (κ1) is 10.1. The smallest absolute Gasteiger partial charge is 0.175 e. The van der Waals surface area contributed by atoms with Crippen molar-refractivity contribution in [1.82, 2.24) is 0 Å². The highest BCUT2D eigenvalue weighted by molar-refractivity contribution is 7.90. The van der Waals surface area contributed by atoms with E-state index in [-0.39, 0.29) is 9.88 Å². The van der Waals surface area contributed by atoms with Crippen molar-refractivity contribution < 1.29 is 8.42 Å². The van der Waals surface area contributed by atoms with Crippen LogP contribution in [-0.2, 0) is 9.84 Å². The van der Waals surface area contributed by atoms with Gasteiger partial charge in [0.1, 0.15) is 4.99 Å². The van der Waals surface area contributed by atoms with Gasteiger partial charge in [-0.1, -0.05) is 24.4 Å². The second kappa shape index (κ2) is 3.43. The lowest BCUT2D eigenvalue weighted by Gasteiger charge is -2.00. The summed E-state index contributed by atoms with van der Waals surface area (Å²) in [6, 6.07) is 6.17. The molecule has 0 aromatic heterocycles. The number of hydrogen-bond acceptors (Lipinski definition) is 3. The second-order valence-corrected chi connectivity index (χ2v) is 5.12. The number of sulfone groups is 1. The third kappa shape index (κ3) is 2.50. The number of thiocarbonyl (C=S) groups is 1. The van der Waals surface area contributed by atoms with Crippen LogP contribution in [0, 0.1) is 0 Å². The molecule has 3 nitrogen and oxygen atoms in total. The van der Waals surface area contributed by atoms with E-state index in [1.807, 2.05) is 0 Å². The molecule has 0 unspecified atom stereocenters. The zero-order chi connectivity index (χ0) is 10.1. The maximum atomic E-state index is 11.0. The summed E-state index contributed by atoms with van der Waals surface area (Å²) in [4.78, 5) is 0.535. The Morgan fingerprint density at radius 2 is 1.77 bits per heavy atom. The fourth-order valence-corrected chi connectivity index (χ4v) is 1.63. The Morgan fingerprint density at radius 1 is 1.31 bits per heavy atom. The molecule has 1 aromatic rings. The molecule has 0 aliphatic heterocycles. The van der Waals surface area contributed by atoms with Crippen LogP contribution in [0.1, 0.15) is 5.56 Å². The molecule has 0 amide bonds. The predicted molar refractivity (Wildman–Crippen MR) is 55.4 cm³/mol. The first-order valence-corrected chi connectivity index (χ1v) is 5.81. The summed E-state index contributed by atoms with van der Waals surface area (Å²) in [5, 5.41) is 0. The van der Waals surface area contributed by atoms with Crippen molar-refractivity contribution in [3.63, 3.8) is 0 Å². The molecular weight excluding hydrogens is 206 g/mol. The van der Waals surface area contributed by atoms with Crippen LogP contribution >= 0.6 is 12.2 Å². The number of hydrogen-bond donors (Lipinski definition) is 1. The maximum absolute atomic E-state index is 11.0. The van der Waals surface area contributed by atoms with Gasteiger partial charge >= 0.3 is 0 Å². The summed E-state index contributed by atoms with van der Waals surface area (Å²) in [5.74, 6) is 0. The van der Waals surface area contributed by atoms with E-state index >= 15 is 0 Å². The van der Waals surface area contributed by atoms with Gasteiger partial charge in [0.15, 0.2) is 9.84 Å². The Labute approximate surface area is 82.5 Å². The van der Waals surface area contributed by atoms with Gasteiger partial charge in [-0.05, 0) is 12.1 Å². The van der Waals surface area contributed by atoms with E-state index in [1.165, 1.54) is 12.1 Å². The van der Waals surface area contributed by atoms with Gasteiger partial charge in [0, 0.05) is 11.8 Å². The standard InChI is InChI=1S/C8H9NO2S2/c1-13(10,11)7-4-2-6(3-5-7)8(9)12/h2-5H,1H3,(H2,9,12). The number of nitrogens with two attached hydrogens (primary N) is 1. The van der Waals surface area contributed by atoms with E-state index in [9.17, 15) is 8.42 Å². The summed E-state index contributed by atoms with van der Waals surface area (Å²) in [6.45, 7) is 0. The third-order valence-corrected chi connectivity index (χ3v) is 2.93. The molecule has 0 bridgehead atoms. The van der Waals surface area contributed by atoms with Crippen molar-refractivity contribution in [1.29, 1.82) is 0 Å². The van der Waals surface area contributed by atoms with Gasteiger partial charge in [-0.2, -0.15) is 0 Å². The van der Waals surface area contributed by atoms with Crippen molar-refractivity contribution in [2.75, 3.05) is 6.26 Å². The highest BCUT2D eigenvalue weighted by atomic mass is 32.2. The van der Waals surface area contributed by atoms with Gasteiger partial charge in [0.2, 0.25) is 0 Å². The molecule has 0 fully saturated rings. The Kier molecular flexibility index (Phi) is 2.68. The molecule has 0 aliphatic carbocycles. The molecule has 5 heteroatoms. The van der Waals surface area contributed by atoms with Crippen molar-refractivity contribution in [2.24, 2.45) is 5.73 Å². The van der Waals surface area contributed by atoms with Crippen LogP contribution in [0.15, 0.2) is 29.2 Å². The largest absolute Gasteiger partial charge is 0.389 e. The Hall–Kier alpha value is -0.940. The van der Waals surface area contributed by atoms with E-state index < -0.39 is 9.84 Å². The van der Waals surface area contributed by atoms with E-state index in [0.717, 1.165) is 6.26 Å². The molecule has 0 saturated heterocycles. The van der Waals surface area contributed by atoms with Gasteiger partial charge in [-0.25, -0.2) is 8.42 Å². The van der Waals surface area contributed by atoms with Gasteiger partial charge in [0.25, 0.3) is 0 Å². The molecule has 0 atom stereocenters. The minimum atomic E-state index is -3.13. The van der Waals surface area contributed by atoms with Crippen LogP contribution in [0.2, 0.25) is 0 Å². The van der Waals surface area contributed by atoms with E-state index in [4.69, 9.17) is 18.0 Å². The first-order valence-electron chi connectivity index (χ1n) is 3.51. The summed E-state index contributed by atoms with van der Waals surface area (Å²) in [7, 11) is -3.13. The molecule has 1 aromatic carbocycles. The predicted octanol–water partition coefficient (Wildman–Crippen LogP) is 0.724. The van der Waals surface area contributed by atoms with Gasteiger partial charge in [0.05, 0.1) is 4.90 Å². The fraction of sp³-hybridized carbons (Fsp3) is 0.125. The lowest BCUT2D eigenvalue weighted by molar-refractivity contribution is 0.602. The van der Waals surface area contributed by atoms with Crippen molar-refractivity contribution in [2.45, 2.75) is 4.90 Å². The van der Waals surface area contributed by atoms with Crippen molar-refractivity contribution in [3.8, 4) is 0 Å². The Bertz CT molecular complexity index is 420. The molecule has 2 N–H and O–H groups in total. The second-order valence-electron chi connectivity index (χ2n) is 2.66. The van der Waals surface area contributed by atoms with Crippen LogP contribution in [0.3, 0.4) is 0 Å². The molecule has 0 aliphatic rings. The molecule has 70 valence electrons. The Morgan fingerprint density at radius 3 is 2.08 bits per heavy atom. The molecular formula is C8H9NO2S2. The lowest BCUT2D eigenvalue weighted by Crippen LogP contribution is -2.09. The number of benzene rings is 1. The summed E-state index contributed by atoms with van der Waals surface area (Å²) >= 11 is 4.73. The molecule has 1 rings (SSSR count). The normalized spacial score (nSPS) is 11.2. The highest BCUT2D eigenvalue weighted by Crippen LogP contribution is 2.09. The summed E-state index contributed by atoms with van der Waals surface area (Å²) in [5.41, 5.74) is 6.02. The monoisotopic (exact) mass is 215 g/mol. The topological polar surface area (TPSA) is 60.2 Å². The van der Waals surface area contributed by atoms with Crippen LogP contribution < -0.4 is 5.73 Å². The average molecular weight is 215 g/mol. The quantitative estimate of drug-likeness (QED) is 0.739. The minimum absolute atomic E-state index is 0.264. The van der Waals surface area contributed by atoms with Crippen LogP contribution in [0.5, 0.6) is 0 Å². The summed E-state index contributed by atoms with van der Waals surface area (Å²) in [6.07, 6.45) is 1.16. The molecule has 0 heterocycles. The molecule has 0 radical (unpaired) electrons. The molecule has 13 heavy (non-hydrogen) atoms. The SMILES string of the molecule is CS(=O)(=O)c1ccc(C(N)=S)cc1. The van der Waals surface area contributed by atoms with Crippen LogP contribution in [0.4, 0.5) is 0 Å². The van der Waals surface area contributed by atoms with E-state index in [1.54, 1.807) is 12.1 Å². The summed E-state index contributed by atoms with van der Waals surface area (Å²) < 4.78 is 22.1. The van der Waals surface area contributed by atoms with Gasteiger partial charge in [-0.3, -0.25) is 0 Å². The van der Waals surface area contributed by atoms with Crippen molar-refractivity contribution in [3.05, 3.63) is 29.8 Å². The zero-order valence-corrected chi connectivity index (χ0v) is 8.65. The molecule has 0 spiro atoms. The fourth-order valence-electron chi connectivity index (χ4n) is 0.866. The van der Waals surface area contributed by atoms with Gasteiger partial charge < -0.3 is 5.73 Å². The lowest BCUT2D eigenvalue weighted by atomic mass is 10.2. The zero-order valence-electron chi connectivity index (χ0n) is 7.02. The highest BCUT2D eigenvalue weighted by Gasteiger charge is 2.06. The van der Waals surface area contributed by atoms with Gasteiger partial charge in [-0.15, -0.1) is 0 Å². The molecule has 0 saturated carbocycles. The van der Waals surface area contributed by atoms with E-state index in [2.05, 4.69) is 0 Å². The van der Waals surface area contributed by atoms with Crippen LogP contribution in [0.25, 0.3) is 0 Å². The third-order valence-electron chi connectivity index (χ3n) is 1.57.